The highest BCUT2D eigenvalue weighted by molar-refractivity contribution is 7.09. The van der Waals surface area contributed by atoms with E-state index in [1.54, 1.807) is 11.3 Å². The molecule has 0 radical (unpaired) electrons. The van der Waals surface area contributed by atoms with Gasteiger partial charge in [-0.05, 0) is 31.5 Å². The minimum Gasteiger partial charge on any atom is -0.367 e. The van der Waals surface area contributed by atoms with Crippen LogP contribution in [0.15, 0.2) is 23.6 Å². The minimum atomic E-state index is -0.00181. The molecule has 1 aromatic carbocycles. The lowest BCUT2D eigenvalue weighted by Gasteiger charge is -2.20. The quantitative estimate of drug-likeness (QED) is 0.934. The van der Waals surface area contributed by atoms with Crippen molar-refractivity contribution in [1.29, 1.82) is 0 Å². The minimum absolute atomic E-state index is 0.00181. The third-order valence-corrected chi connectivity index (χ3v) is 4.10. The molecule has 19 heavy (non-hydrogen) atoms. The highest BCUT2D eigenvalue weighted by Crippen LogP contribution is 2.28. The smallest absolute Gasteiger partial charge is 0.0898 e. The number of hydrogen-bond donors (Lipinski definition) is 1. The van der Waals surface area contributed by atoms with E-state index in [2.05, 4.69) is 15.3 Å². The van der Waals surface area contributed by atoms with E-state index in [-0.39, 0.29) is 6.04 Å². The average Bonchev–Trinajstić information content (AvgIpc) is 2.74. The van der Waals surface area contributed by atoms with Gasteiger partial charge >= 0.3 is 0 Å². The zero-order valence-corrected chi connectivity index (χ0v) is 12.9. The maximum Gasteiger partial charge on any atom is 0.0898 e. The molecule has 5 heteroatoms. The zero-order chi connectivity index (χ0) is 14.0. The number of halogens is 1. The molecule has 0 saturated carbocycles. The maximum absolute atomic E-state index is 6.32. The number of aryl methyl sites for hydroxylation is 1. The van der Waals surface area contributed by atoms with Crippen LogP contribution < -0.4 is 10.6 Å². The van der Waals surface area contributed by atoms with Crippen LogP contribution in [0.2, 0.25) is 5.02 Å². The van der Waals surface area contributed by atoms with Crippen molar-refractivity contribution in [2.24, 2.45) is 5.73 Å². The summed E-state index contributed by atoms with van der Waals surface area (Å²) in [4.78, 5) is 6.56. The van der Waals surface area contributed by atoms with Gasteiger partial charge < -0.3 is 10.6 Å². The lowest BCUT2D eigenvalue weighted by atomic mass is 10.1. The molecule has 1 atom stereocenters. The van der Waals surface area contributed by atoms with Crippen LogP contribution in [0.5, 0.6) is 0 Å². The summed E-state index contributed by atoms with van der Waals surface area (Å²) in [6, 6.07) is 5.97. The first-order valence-electron chi connectivity index (χ1n) is 6.14. The van der Waals surface area contributed by atoms with E-state index in [0.717, 1.165) is 33.5 Å². The van der Waals surface area contributed by atoms with Crippen LogP contribution in [0.1, 0.15) is 29.2 Å². The van der Waals surface area contributed by atoms with E-state index in [4.69, 9.17) is 17.3 Å². The molecule has 0 bridgehead atoms. The first-order valence-corrected chi connectivity index (χ1v) is 7.40. The first kappa shape index (κ1) is 14.3. The third-order valence-electron chi connectivity index (χ3n) is 2.97. The van der Waals surface area contributed by atoms with Crippen LogP contribution in [-0.4, -0.2) is 12.0 Å². The number of thiazole rings is 1. The molecule has 0 unspecified atom stereocenters. The number of anilines is 1. The van der Waals surface area contributed by atoms with Gasteiger partial charge in [-0.1, -0.05) is 17.7 Å². The van der Waals surface area contributed by atoms with Gasteiger partial charge in [-0.3, -0.25) is 0 Å². The van der Waals surface area contributed by atoms with Gasteiger partial charge in [0.25, 0.3) is 0 Å². The highest BCUT2D eigenvalue weighted by Gasteiger charge is 2.10. The molecule has 0 saturated heterocycles. The summed E-state index contributed by atoms with van der Waals surface area (Å²) in [5, 5.41) is 3.89. The van der Waals surface area contributed by atoms with Gasteiger partial charge in [0, 0.05) is 18.5 Å². The number of hydrogen-bond acceptors (Lipinski definition) is 4. The Morgan fingerprint density at radius 1 is 1.47 bits per heavy atom. The molecular formula is C14H18ClN3S. The Kier molecular flexibility index (Phi) is 4.45. The summed E-state index contributed by atoms with van der Waals surface area (Å²) in [6.07, 6.45) is 0. The van der Waals surface area contributed by atoms with Crippen molar-refractivity contribution in [3.05, 3.63) is 44.9 Å². The van der Waals surface area contributed by atoms with Crippen molar-refractivity contribution in [3.63, 3.8) is 0 Å². The summed E-state index contributed by atoms with van der Waals surface area (Å²) in [7, 11) is 2.02. The fourth-order valence-corrected chi connectivity index (χ4v) is 2.86. The average molecular weight is 296 g/mol. The normalized spacial score (nSPS) is 12.5. The highest BCUT2D eigenvalue weighted by atomic mass is 35.5. The standard InChI is InChI=1S/C14H18ClN3S/c1-9(16)11-4-5-14(13(15)6-11)18(3)7-12-8-19-10(2)17-12/h4-6,8-9H,7,16H2,1-3H3/t9-/m1/s1. The van der Waals surface area contributed by atoms with Gasteiger partial charge in [0.05, 0.1) is 28.0 Å². The number of aromatic nitrogens is 1. The molecule has 0 fully saturated rings. The summed E-state index contributed by atoms with van der Waals surface area (Å²) in [6.45, 7) is 4.72. The first-order chi connectivity index (χ1) is 8.97. The van der Waals surface area contributed by atoms with Crippen LogP contribution in [-0.2, 0) is 6.54 Å². The molecule has 3 nitrogen and oxygen atoms in total. The van der Waals surface area contributed by atoms with Gasteiger partial charge in [-0.15, -0.1) is 11.3 Å². The fourth-order valence-electron chi connectivity index (χ4n) is 1.92. The molecule has 0 aliphatic rings. The molecule has 0 amide bonds. The Hall–Kier alpha value is -1.10. The molecule has 1 heterocycles. The lowest BCUT2D eigenvalue weighted by Crippen LogP contribution is -2.17. The predicted octanol–water partition coefficient (Wildman–Crippen LogP) is 3.76. The van der Waals surface area contributed by atoms with Gasteiger partial charge in [-0.25, -0.2) is 4.98 Å². The van der Waals surface area contributed by atoms with E-state index < -0.39 is 0 Å². The molecule has 2 rings (SSSR count). The second-order valence-electron chi connectivity index (χ2n) is 4.71. The van der Waals surface area contributed by atoms with Gasteiger partial charge in [0.2, 0.25) is 0 Å². The molecule has 0 aliphatic heterocycles. The molecular weight excluding hydrogens is 278 g/mol. The Balaban J connectivity index is 2.17. The van der Waals surface area contributed by atoms with Crippen molar-refractivity contribution in [1.82, 2.24) is 4.98 Å². The van der Waals surface area contributed by atoms with Crippen LogP contribution in [0.3, 0.4) is 0 Å². The van der Waals surface area contributed by atoms with Crippen molar-refractivity contribution < 1.29 is 0 Å². The van der Waals surface area contributed by atoms with Crippen molar-refractivity contribution in [2.45, 2.75) is 26.4 Å². The molecule has 0 spiro atoms. The van der Waals surface area contributed by atoms with Crippen LogP contribution in [0.4, 0.5) is 5.69 Å². The second kappa shape index (κ2) is 5.90. The van der Waals surface area contributed by atoms with E-state index >= 15 is 0 Å². The zero-order valence-electron chi connectivity index (χ0n) is 11.4. The Morgan fingerprint density at radius 2 is 2.21 bits per heavy atom. The summed E-state index contributed by atoms with van der Waals surface area (Å²) < 4.78 is 0. The Bertz CT molecular complexity index is 566. The molecule has 1 aromatic heterocycles. The molecule has 2 N–H and O–H groups in total. The Labute approximate surface area is 123 Å². The second-order valence-corrected chi connectivity index (χ2v) is 6.18. The topological polar surface area (TPSA) is 42.2 Å². The van der Waals surface area contributed by atoms with Crippen molar-refractivity contribution >= 4 is 28.6 Å². The molecule has 2 aromatic rings. The number of rotatable bonds is 4. The lowest BCUT2D eigenvalue weighted by molar-refractivity contribution is 0.816. The van der Waals surface area contributed by atoms with E-state index in [1.165, 1.54) is 0 Å². The molecule has 102 valence electrons. The van der Waals surface area contributed by atoms with Gasteiger partial charge in [-0.2, -0.15) is 0 Å². The monoisotopic (exact) mass is 295 g/mol. The van der Waals surface area contributed by atoms with Gasteiger partial charge in [0.1, 0.15) is 0 Å². The fraction of sp³-hybridized carbons (Fsp3) is 0.357. The Morgan fingerprint density at radius 3 is 2.74 bits per heavy atom. The maximum atomic E-state index is 6.32. The van der Waals surface area contributed by atoms with Crippen LogP contribution >= 0.6 is 22.9 Å². The summed E-state index contributed by atoms with van der Waals surface area (Å²) in [5.74, 6) is 0. The van der Waals surface area contributed by atoms with E-state index in [0.29, 0.717) is 0 Å². The predicted molar refractivity (Wildman–Crippen MR) is 83.0 cm³/mol. The number of nitrogens with two attached hydrogens (primary N) is 1. The van der Waals surface area contributed by atoms with Gasteiger partial charge in [0.15, 0.2) is 0 Å². The summed E-state index contributed by atoms with van der Waals surface area (Å²) >= 11 is 7.99. The summed E-state index contributed by atoms with van der Waals surface area (Å²) in [5.41, 5.74) is 8.97. The van der Waals surface area contributed by atoms with E-state index in [9.17, 15) is 0 Å². The number of nitrogens with zero attached hydrogens (tertiary/aromatic N) is 2. The largest absolute Gasteiger partial charge is 0.367 e. The SMILES string of the molecule is Cc1nc(CN(C)c2ccc([C@@H](C)N)cc2Cl)cs1. The van der Waals surface area contributed by atoms with E-state index in [1.807, 2.05) is 39.1 Å². The van der Waals surface area contributed by atoms with Crippen LogP contribution in [0, 0.1) is 6.92 Å². The van der Waals surface area contributed by atoms with Crippen molar-refractivity contribution in [3.8, 4) is 0 Å². The van der Waals surface area contributed by atoms with Crippen LogP contribution in [0.25, 0.3) is 0 Å². The number of benzene rings is 1. The third kappa shape index (κ3) is 3.47. The molecule has 0 aliphatic carbocycles. The van der Waals surface area contributed by atoms with Crippen molar-refractivity contribution in [2.75, 3.05) is 11.9 Å².